The third-order valence-electron chi connectivity index (χ3n) is 2.76. The number of ether oxygens (including phenoxy) is 1. The molecule has 0 aromatic carbocycles. The molecule has 0 bridgehead atoms. The standard InChI is InChI=1S/C9H13N3O7/c10-19-17-3-4-6(14)7(15)8(18-4)12-2-1-5(13)11-9(12)16/h1-2,4,6-8,14-15H,3,10H2,(H,11,13,16)/t4-,6?,7?,8-/m0/s1. The van der Waals surface area contributed by atoms with Crippen molar-refractivity contribution >= 4 is 0 Å². The summed E-state index contributed by atoms with van der Waals surface area (Å²) in [6.45, 7) is -0.233. The normalized spacial score (nSPS) is 30.7. The molecule has 1 aromatic heterocycles. The van der Waals surface area contributed by atoms with E-state index in [-0.39, 0.29) is 6.61 Å². The smallest absolute Gasteiger partial charge is 0.330 e. The molecule has 1 fully saturated rings. The third kappa shape index (κ3) is 2.73. The fourth-order valence-corrected chi connectivity index (χ4v) is 1.83. The number of H-pyrrole nitrogens is 1. The van der Waals surface area contributed by atoms with E-state index in [1.165, 1.54) is 0 Å². The van der Waals surface area contributed by atoms with Gasteiger partial charge in [0, 0.05) is 12.3 Å². The maximum atomic E-state index is 11.6. The zero-order valence-electron chi connectivity index (χ0n) is 9.63. The number of hydrogen-bond acceptors (Lipinski definition) is 8. The predicted octanol–water partition coefficient (Wildman–Crippen LogP) is -3.02. The minimum Gasteiger partial charge on any atom is -0.387 e. The SMILES string of the molecule is NOOC[C@@H]1O[C@H](n2ccc(=O)[nH]c2=O)C(O)C1O. The summed E-state index contributed by atoms with van der Waals surface area (Å²) in [6.07, 6.45) is -3.58. The van der Waals surface area contributed by atoms with Gasteiger partial charge in [0.25, 0.3) is 5.56 Å². The molecule has 1 aliphatic rings. The van der Waals surface area contributed by atoms with Crippen molar-refractivity contribution in [3.63, 3.8) is 0 Å². The van der Waals surface area contributed by atoms with E-state index in [2.05, 4.69) is 15.8 Å². The van der Waals surface area contributed by atoms with Crippen molar-refractivity contribution < 1.29 is 24.8 Å². The van der Waals surface area contributed by atoms with Crippen LogP contribution >= 0.6 is 0 Å². The van der Waals surface area contributed by atoms with Gasteiger partial charge < -0.3 is 14.9 Å². The van der Waals surface area contributed by atoms with E-state index >= 15 is 0 Å². The van der Waals surface area contributed by atoms with Crippen LogP contribution in [0, 0.1) is 0 Å². The van der Waals surface area contributed by atoms with Gasteiger partial charge in [0.2, 0.25) is 0 Å². The minimum absolute atomic E-state index is 0.233. The average Bonchev–Trinajstić information content (AvgIpc) is 2.64. The van der Waals surface area contributed by atoms with E-state index in [9.17, 15) is 19.8 Å². The van der Waals surface area contributed by atoms with Crippen molar-refractivity contribution in [3.8, 4) is 0 Å². The van der Waals surface area contributed by atoms with Crippen LogP contribution < -0.4 is 17.1 Å². The van der Waals surface area contributed by atoms with Gasteiger partial charge in [-0.3, -0.25) is 14.3 Å². The lowest BCUT2D eigenvalue weighted by Crippen LogP contribution is -2.37. The summed E-state index contributed by atoms with van der Waals surface area (Å²) < 4.78 is 6.23. The highest BCUT2D eigenvalue weighted by Gasteiger charge is 2.44. The highest BCUT2D eigenvalue weighted by molar-refractivity contribution is 4.92. The number of aliphatic hydroxyl groups excluding tert-OH is 2. The molecule has 2 rings (SSSR count). The minimum atomic E-state index is -1.37. The third-order valence-corrected chi connectivity index (χ3v) is 2.76. The number of aromatic nitrogens is 2. The summed E-state index contributed by atoms with van der Waals surface area (Å²) in [7, 11) is 0. The van der Waals surface area contributed by atoms with Crippen molar-refractivity contribution in [2.45, 2.75) is 24.5 Å². The molecule has 0 spiro atoms. The molecule has 0 amide bonds. The topological polar surface area (TPSA) is 149 Å². The average molecular weight is 275 g/mol. The summed E-state index contributed by atoms with van der Waals surface area (Å²) in [5.74, 6) is 4.66. The molecule has 2 unspecified atom stereocenters. The molecule has 4 atom stereocenters. The Balaban J connectivity index is 2.21. The lowest BCUT2D eigenvalue weighted by molar-refractivity contribution is -0.314. The monoisotopic (exact) mass is 275 g/mol. The van der Waals surface area contributed by atoms with Crippen molar-refractivity contribution in [1.82, 2.24) is 9.55 Å². The molecule has 10 heteroatoms. The van der Waals surface area contributed by atoms with Crippen LogP contribution in [0.1, 0.15) is 6.23 Å². The zero-order valence-corrected chi connectivity index (χ0v) is 9.63. The molecule has 5 N–H and O–H groups in total. The van der Waals surface area contributed by atoms with Gasteiger partial charge in [-0.15, -0.1) is 4.99 Å². The second-order valence-corrected chi connectivity index (χ2v) is 3.94. The summed E-state index contributed by atoms with van der Waals surface area (Å²) in [6, 6.07) is 1.09. The van der Waals surface area contributed by atoms with E-state index in [0.717, 1.165) is 16.8 Å². The van der Waals surface area contributed by atoms with E-state index in [1.807, 2.05) is 4.98 Å². The number of nitrogens with zero attached hydrogens (tertiary/aromatic N) is 1. The zero-order chi connectivity index (χ0) is 14.0. The first-order chi connectivity index (χ1) is 9.04. The lowest BCUT2D eigenvalue weighted by atomic mass is 10.1. The summed E-state index contributed by atoms with van der Waals surface area (Å²) in [5.41, 5.74) is -1.34. The number of hydrogen-bond donors (Lipinski definition) is 4. The van der Waals surface area contributed by atoms with E-state index in [0.29, 0.717) is 0 Å². The van der Waals surface area contributed by atoms with Gasteiger partial charge in [0.05, 0.1) is 0 Å². The Hall–Kier alpha value is -1.56. The highest BCUT2D eigenvalue weighted by Crippen LogP contribution is 2.28. The molecule has 0 radical (unpaired) electrons. The van der Waals surface area contributed by atoms with E-state index < -0.39 is 35.8 Å². The van der Waals surface area contributed by atoms with E-state index in [4.69, 9.17) is 4.74 Å². The van der Waals surface area contributed by atoms with Crippen LogP contribution in [-0.4, -0.2) is 44.7 Å². The molecule has 10 nitrogen and oxygen atoms in total. The molecule has 1 aromatic rings. The number of aromatic amines is 1. The van der Waals surface area contributed by atoms with Crippen molar-refractivity contribution in [2.75, 3.05) is 6.61 Å². The van der Waals surface area contributed by atoms with Gasteiger partial charge in [-0.2, -0.15) is 5.90 Å². The fraction of sp³-hybridized carbons (Fsp3) is 0.556. The Kier molecular flexibility index (Phi) is 4.09. The molecular weight excluding hydrogens is 262 g/mol. The van der Waals surface area contributed by atoms with Crippen molar-refractivity contribution in [1.29, 1.82) is 0 Å². The molecular formula is C9H13N3O7. The number of nitrogens with one attached hydrogen (secondary N) is 1. The van der Waals surface area contributed by atoms with Gasteiger partial charge >= 0.3 is 5.69 Å². The second-order valence-electron chi connectivity index (χ2n) is 3.94. The fourth-order valence-electron chi connectivity index (χ4n) is 1.83. The Morgan fingerprint density at radius 3 is 2.79 bits per heavy atom. The summed E-state index contributed by atoms with van der Waals surface area (Å²) >= 11 is 0. The molecule has 0 aliphatic carbocycles. The summed E-state index contributed by atoms with van der Waals surface area (Å²) in [5, 5.41) is 19.5. The molecule has 106 valence electrons. The molecule has 1 saturated heterocycles. The van der Waals surface area contributed by atoms with Crippen LogP contribution in [-0.2, 0) is 14.6 Å². The maximum Gasteiger partial charge on any atom is 0.330 e. The second kappa shape index (κ2) is 5.61. The van der Waals surface area contributed by atoms with Crippen LogP contribution in [0.5, 0.6) is 0 Å². The number of nitrogens with two attached hydrogens (primary N) is 1. The first kappa shape index (κ1) is 13.9. The Morgan fingerprint density at radius 2 is 2.16 bits per heavy atom. The molecule has 19 heavy (non-hydrogen) atoms. The lowest BCUT2D eigenvalue weighted by Gasteiger charge is -2.16. The number of rotatable bonds is 4. The van der Waals surface area contributed by atoms with E-state index in [1.54, 1.807) is 0 Å². The molecule has 0 saturated carbocycles. The first-order valence-electron chi connectivity index (χ1n) is 5.36. The Bertz CT molecular complexity index is 541. The van der Waals surface area contributed by atoms with Crippen LogP contribution in [0.4, 0.5) is 0 Å². The van der Waals surface area contributed by atoms with Gasteiger partial charge in [-0.25, -0.2) is 9.68 Å². The van der Waals surface area contributed by atoms with Gasteiger partial charge in [0.1, 0.15) is 24.9 Å². The van der Waals surface area contributed by atoms with Crippen LogP contribution in [0.25, 0.3) is 0 Å². The predicted molar refractivity (Wildman–Crippen MR) is 58.5 cm³/mol. The largest absolute Gasteiger partial charge is 0.387 e. The molecule has 2 heterocycles. The number of aliphatic hydroxyl groups is 2. The first-order valence-corrected chi connectivity index (χ1v) is 5.36. The van der Waals surface area contributed by atoms with Crippen LogP contribution in [0.2, 0.25) is 0 Å². The maximum absolute atomic E-state index is 11.6. The van der Waals surface area contributed by atoms with Crippen molar-refractivity contribution in [3.05, 3.63) is 33.1 Å². The quantitative estimate of drug-likeness (QED) is 0.335. The van der Waals surface area contributed by atoms with Crippen molar-refractivity contribution in [2.24, 2.45) is 5.90 Å². The van der Waals surface area contributed by atoms with Crippen LogP contribution in [0.3, 0.4) is 0 Å². The van der Waals surface area contributed by atoms with Gasteiger partial charge in [-0.05, 0) is 0 Å². The highest BCUT2D eigenvalue weighted by atomic mass is 17.3. The summed E-state index contributed by atoms with van der Waals surface area (Å²) in [4.78, 5) is 32.8. The van der Waals surface area contributed by atoms with Gasteiger partial charge in [-0.1, -0.05) is 0 Å². The Morgan fingerprint density at radius 1 is 1.42 bits per heavy atom. The molecule has 1 aliphatic heterocycles. The van der Waals surface area contributed by atoms with Crippen LogP contribution in [0.15, 0.2) is 21.9 Å². The van der Waals surface area contributed by atoms with Gasteiger partial charge in [0.15, 0.2) is 6.23 Å². The Labute approximate surface area is 105 Å².